The van der Waals surface area contributed by atoms with Crippen LogP contribution in [0.15, 0.2) is 0 Å². The van der Waals surface area contributed by atoms with Gasteiger partial charge in [0.05, 0.1) is 0 Å². The molecule has 0 bridgehead atoms. The zero-order valence-electron chi connectivity index (χ0n) is 21.8. The Kier molecular flexibility index (Phi) is 10.9. The van der Waals surface area contributed by atoms with E-state index in [0.29, 0.717) is 19.3 Å². The van der Waals surface area contributed by atoms with Gasteiger partial charge in [0.2, 0.25) is 0 Å². The molecule has 1 saturated carbocycles. The van der Waals surface area contributed by atoms with E-state index >= 15 is 0 Å². The van der Waals surface area contributed by atoms with E-state index < -0.39 is 17.9 Å². The summed E-state index contributed by atoms with van der Waals surface area (Å²) in [5, 5.41) is 28.7. The topological polar surface area (TPSA) is 112 Å². The molecule has 0 radical (unpaired) electrons. The summed E-state index contributed by atoms with van der Waals surface area (Å²) in [7, 11) is 0. The van der Waals surface area contributed by atoms with Gasteiger partial charge in [0.15, 0.2) is 0 Å². The largest absolute Gasteiger partial charge is 0.481 e. The van der Waals surface area contributed by atoms with Crippen molar-refractivity contribution in [3.63, 3.8) is 0 Å². The molecule has 0 amide bonds. The van der Waals surface area contributed by atoms with E-state index in [1.807, 2.05) is 0 Å². The average molecular weight is 469 g/mol. The molecule has 0 aliphatic heterocycles. The number of hydrogen-bond donors (Lipinski definition) is 3. The fourth-order valence-corrected chi connectivity index (χ4v) is 6.97. The second kappa shape index (κ2) is 12.2. The van der Waals surface area contributed by atoms with E-state index in [1.165, 1.54) is 0 Å². The zero-order chi connectivity index (χ0) is 25.4. The third-order valence-electron chi connectivity index (χ3n) is 9.60. The average Bonchev–Trinajstić information content (AvgIpc) is 2.78. The first kappa shape index (κ1) is 29.4. The normalized spacial score (nSPS) is 30.4. The summed E-state index contributed by atoms with van der Waals surface area (Å²) in [6.07, 6.45) is 7.22. The number of carbonyl (C=O) groups is 3. The van der Waals surface area contributed by atoms with Gasteiger partial charge < -0.3 is 15.3 Å². The molecule has 1 fully saturated rings. The second-order valence-electron chi connectivity index (χ2n) is 11.2. The zero-order valence-corrected chi connectivity index (χ0v) is 21.8. The number of hydrogen-bond acceptors (Lipinski definition) is 3. The highest BCUT2D eigenvalue weighted by Gasteiger charge is 2.57. The Bertz CT molecular complexity index is 573. The molecule has 0 aromatic heterocycles. The highest BCUT2D eigenvalue weighted by Crippen LogP contribution is 2.67. The van der Waals surface area contributed by atoms with Crippen molar-refractivity contribution in [2.75, 3.05) is 0 Å². The molecule has 1 aliphatic rings. The van der Waals surface area contributed by atoms with E-state index in [4.69, 9.17) is 0 Å². The maximum Gasteiger partial charge on any atom is 0.303 e. The number of carboxylic acid groups (broad SMARTS) is 3. The minimum Gasteiger partial charge on any atom is -0.481 e. The molecule has 0 saturated heterocycles. The Labute approximate surface area is 200 Å². The summed E-state index contributed by atoms with van der Waals surface area (Å²) in [4.78, 5) is 35.0. The van der Waals surface area contributed by atoms with Crippen LogP contribution in [0.2, 0.25) is 0 Å². The van der Waals surface area contributed by atoms with Crippen molar-refractivity contribution in [1.29, 1.82) is 0 Å². The second-order valence-corrected chi connectivity index (χ2v) is 11.2. The third-order valence-corrected chi connectivity index (χ3v) is 9.60. The van der Waals surface area contributed by atoms with Crippen LogP contribution < -0.4 is 0 Å². The van der Waals surface area contributed by atoms with Gasteiger partial charge in [-0.2, -0.15) is 0 Å². The molecule has 6 nitrogen and oxygen atoms in total. The van der Waals surface area contributed by atoms with E-state index in [1.54, 1.807) is 0 Å². The van der Waals surface area contributed by atoms with Crippen LogP contribution in [0, 0.1) is 34.0 Å². The fourth-order valence-electron chi connectivity index (χ4n) is 6.97. The highest BCUT2D eigenvalue weighted by atomic mass is 16.4. The van der Waals surface area contributed by atoms with Crippen molar-refractivity contribution in [1.82, 2.24) is 0 Å². The summed E-state index contributed by atoms with van der Waals surface area (Å²) in [5.74, 6) is -1.58. The summed E-state index contributed by atoms with van der Waals surface area (Å²) < 4.78 is 0. The van der Waals surface area contributed by atoms with Crippen LogP contribution in [0.25, 0.3) is 0 Å². The maximum absolute atomic E-state index is 11.7. The van der Waals surface area contributed by atoms with Crippen molar-refractivity contribution in [2.24, 2.45) is 34.0 Å². The van der Waals surface area contributed by atoms with Gasteiger partial charge in [0, 0.05) is 19.3 Å². The molecule has 0 heterocycles. The Morgan fingerprint density at radius 1 is 0.576 bits per heavy atom. The van der Waals surface area contributed by atoms with Crippen molar-refractivity contribution in [3.8, 4) is 0 Å². The summed E-state index contributed by atoms with van der Waals surface area (Å²) in [5.41, 5.74) is -0.722. The minimum absolute atomic E-state index is 0.0926. The molecule has 3 unspecified atom stereocenters. The molecule has 0 aromatic carbocycles. The van der Waals surface area contributed by atoms with Crippen LogP contribution >= 0.6 is 0 Å². The molecule has 0 aromatic rings. The van der Waals surface area contributed by atoms with Crippen molar-refractivity contribution >= 4 is 17.9 Å². The van der Waals surface area contributed by atoms with E-state index in [0.717, 1.165) is 38.5 Å². The van der Waals surface area contributed by atoms with Gasteiger partial charge in [-0.05, 0) is 72.5 Å². The monoisotopic (exact) mass is 468 g/mol. The Hall–Kier alpha value is -1.59. The molecule has 6 heteroatoms. The van der Waals surface area contributed by atoms with Gasteiger partial charge in [-0.3, -0.25) is 14.4 Å². The lowest BCUT2D eigenvalue weighted by atomic mass is 9.42. The molecule has 1 aliphatic carbocycles. The van der Waals surface area contributed by atoms with Crippen LogP contribution in [0.5, 0.6) is 0 Å². The number of rotatable bonds is 15. The molecule has 0 spiro atoms. The van der Waals surface area contributed by atoms with Gasteiger partial charge in [0.1, 0.15) is 0 Å². The smallest absolute Gasteiger partial charge is 0.303 e. The van der Waals surface area contributed by atoms with E-state index in [9.17, 15) is 29.7 Å². The van der Waals surface area contributed by atoms with Crippen LogP contribution in [0.4, 0.5) is 0 Å². The quantitative estimate of drug-likeness (QED) is 0.242. The van der Waals surface area contributed by atoms with Crippen LogP contribution in [0.3, 0.4) is 0 Å². The lowest BCUT2D eigenvalue weighted by Crippen LogP contribution is -2.53. The molecular weight excluding hydrogens is 420 g/mol. The molecule has 33 heavy (non-hydrogen) atoms. The lowest BCUT2D eigenvalue weighted by molar-refractivity contribution is -0.149. The first-order chi connectivity index (χ1) is 15.3. The van der Waals surface area contributed by atoms with Crippen LogP contribution in [-0.4, -0.2) is 33.2 Å². The maximum atomic E-state index is 11.7. The number of aliphatic carboxylic acids is 3. The van der Waals surface area contributed by atoms with Gasteiger partial charge in [-0.25, -0.2) is 0 Å². The summed E-state index contributed by atoms with van der Waals surface area (Å²) in [6.45, 7) is 13.1. The van der Waals surface area contributed by atoms with Crippen molar-refractivity contribution < 1.29 is 29.7 Å². The molecule has 1 rings (SSSR count). The van der Waals surface area contributed by atoms with Crippen molar-refractivity contribution in [3.05, 3.63) is 0 Å². The van der Waals surface area contributed by atoms with Gasteiger partial charge in [-0.15, -0.1) is 0 Å². The third kappa shape index (κ3) is 7.19. The number of carboxylic acids is 3. The Morgan fingerprint density at radius 3 is 0.939 bits per heavy atom. The molecule has 3 N–H and O–H groups in total. The first-order valence-electron chi connectivity index (χ1n) is 13.0. The molecular formula is C27H48O6. The highest BCUT2D eigenvalue weighted by molar-refractivity contribution is 5.67. The predicted molar refractivity (Wildman–Crippen MR) is 130 cm³/mol. The molecule has 3 atom stereocenters. The lowest BCUT2D eigenvalue weighted by Gasteiger charge is -2.62. The summed E-state index contributed by atoms with van der Waals surface area (Å²) in [6, 6.07) is 0. The minimum atomic E-state index is -0.803. The fraction of sp³-hybridized carbons (Fsp3) is 0.889. The predicted octanol–water partition coefficient (Wildman–Crippen LogP) is 6.86. The summed E-state index contributed by atoms with van der Waals surface area (Å²) >= 11 is 0. The Morgan fingerprint density at radius 2 is 0.788 bits per heavy atom. The van der Waals surface area contributed by atoms with Crippen LogP contribution in [-0.2, 0) is 14.4 Å². The first-order valence-corrected chi connectivity index (χ1v) is 13.0. The van der Waals surface area contributed by atoms with Gasteiger partial charge in [-0.1, -0.05) is 60.8 Å². The van der Waals surface area contributed by atoms with E-state index in [-0.39, 0.29) is 53.3 Å². The van der Waals surface area contributed by atoms with Crippen LogP contribution in [0.1, 0.15) is 119 Å². The SMILES string of the molecule is CCC(C)C1(CCC(=O)O)CC(CCC(=O)O)(C(C)CC)CC(CCC(=O)O)(C(C)CC)C1. The van der Waals surface area contributed by atoms with Gasteiger partial charge in [0.25, 0.3) is 0 Å². The standard InChI is InChI=1S/C27H48O6/c1-7-19(4)25(13-10-22(28)29)16-26(20(5)8-2,14-11-23(30)31)18-27(17-25,21(6)9-3)15-12-24(32)33/h19-21H,7-18H2,1-6H3,(H,28,29)(H,30,31)(H,32,33). The van der Waals surface area contributed by atoms with E-state index in [2.05, 4.69) is 41.5 Å². The van der Waals surface area contributed by atoms with Gasteiger partial charge >= 0.3 is 17.9 Å². The molecule has 192 valence electrons. The van der Waals surface area contributed by atoms with Crippen molar-refractivity contribution in [2.45, 2.75) is 119 Å². The Balaban J connectivity index is 3.77.